The van der Waals surface area contributed by atoms with Gasteiger partial charge in [0, 0.05) is 5.41 Å². The van der Waals surface area contributed by atoms with Gasteiger partial charge in [0.2, 0.25) is 0 Å². The van der Waals surface area contributed by atoms with Crippen LogP contribution in [0.2, 0.25) is 0 Å². The van der Waals surface area contributed by atoms with E-state index in [2.05, 4.69) is 25.9 Å². The van der Waals surface area contributed by atoms with Crippen LogP contribution in [0.15, 0.2) is 5.16 Å². The number of aliphatic hydroxyl groups excluding tert-OH is 1. The Labute approximate surface area is 74.4 Å². The van der Waals surface area contributed by atoms with Gasteiger partial charge in [-0.05, 0) is 13.8 Å². The van der Waals surface area contributed by atoms with Crippen LogP contribution in [-0.4, -0.2) is 23.5 Å². The van der Waals surface area contributed by atoms with Gasteiger partial charge < -0.3 is 9.94 Å². The van der Waals surface area contributed by atoms with Gasteiger partial charge in [0.25, 0.3) is 0 Å². The molecule has 0 aliphatic heterocycles. The summed E-state index contributed by atoms with van der Waals surface area (Å²) in [5.41, 5.74) is 0.974. The van der Waals surface area contributed by atoms with Crippen molar-refractivity contribution in [2.45, 2.75) is 40.7 Å². The molecule has 0 radical (unpaired) electrons. The molecule has 0 rings (SSSR count). The monoisotopic (exact) mass is 173 g/mol. The van der Waals surface area contributed by atoms with E-state index in [0.29, 0.717) is 0 Å². The fourth-order valence-electron chi connectivity index (χ4n) is 0.379. The third kappa shape index (κ3) is 5.13. The summed E-state index contributed by atoms with van der Waals surface area (Å²) in [7, 11) is 0. The molecule has 0 aliphatic carbocycles. The Kier molecular flexibility index (Phi) is 4.24. The first-order valence-corrected chi connectivity index (χ1v) is 4.19. The molecule has 0 spiro atoms. The Bertz CT molecular complexity index is 156. The van der Waals surface area contributed by atoms with Crippen LogP contribution >= 0.6 is 0 Å². The highest BCUT2D eigenvalue weighted by Gasteiger charge is 2.14. The third-order valence-electron chi connectivity index (χ3n) is 1.60. The normalized spacial score (nSPS) is 16.0. The molecule has 0 aromatic heterocycles. The van der Waals surface area contributed by atoms with Crippen LogP contribution < -0.4 is 0 Å². The minimum absolute atomic E-state index is 0.0404. The molecule has 1 unspecified atom stereocenters. The molecule has 0 aliphatic rings. The molecule has 1 atom stereocenters. The number of nitrogens with zero attached hydrogens (tertiary/aromatic N) is 1. The van der Waals surface area contributed by atoms with E-state index in [1.165, 1.54) is 0 Å². The second-order valence-electron chi connectivity index (χ2n) is 4.07. The van der Waals surface area contributed by atoms with Crippen molar-refractivity contribution in [3.63, 3.8) is 0 Å². The SMILES string of the molecule is CC(=NOCC(C)O)C(C)(C)C. The maximum atomic E-state index is 8.87. The van der Waals surface area contributed by atoms with Crippen molar-refractivity contribution < 1.29 is 9.94 Å². The van der Waals surface area contributed by atoms with E-state index in [-0.39, 0.29) is 12.0 Å². The highest BCUT2D eigenvalue weighted by molar-refractivity contribution is 5.86. The Morgan fingerprint density at radius 1 is 1.50 bits per heavy atom. The van der Waals surface area contributed by atoms with Crippen LogP contribution in [0, 0.1) is 5.41 Å². The third-order valence-corrected chi connectivity index (χ3v) is 1.60. The van der Waals surface area contributed by atoms with Gasteiger partial charge >= 0.3 is 0 Å². The maximum Gasteiger partial charge on any atom is 0.142 e. The van der Waals surface area contributed by atoms with E-state index < -0.39 is 6.10 Å². The van der Waals surface area contributed by atoms with Gasteiger partial charge in [-0.15, -0.1) is 0 Å². The van der Waals surface area contributed by atoms with E-state index in [0.717, 1.165) is 5.71 Å². The first kappa shape index (κ1) is 11.4. The number of aliphatic hydroxyl groups is 1. The fourth-order valence-corrected chi connectivity index (χ4v) is 0.379. The molecule has 72 valence electrons. The Balaban J connectivity index is 3.86. The van der Waals surface area contributed by atoms with Crippen LogP contribution in [0.5, 0.6) is 0 Å². The zero-order valence-corrected chi connectivity index (χ0v) is 8.59. The first-order valence-electron chi connectivity index (χ1n) is 4.19. The zero-order valence-electron chi connectivity index (χ0n) is 8.59. The van der Waals surface area contributed by atoms with Crippen LogP contribution in [0.3, 0.4) is 0 Å². The van der Waals surface area contributed by atoms with Gasteiger partial charge in [-0.3, -0.25) is 0 Å². The summed E-state index contributed by atoms with van der Waals surface area (Å²) >= 11 is 0. The molecule has 12 heavy (non-hydrogen) atoms. The van der Waals surface area contributed by atoms with Crippen LogP contribution in [0.1, 0.15) is 34.6 Å². The number of hydrogen-bond acceptors (Lipinski definition) is 3. The predicted molar refractivity (Wildman–Crippen MR) is 50.2 cm³/mol. The molecule has 0 aromatic carbocycles. The molecule has 0 amide bonds. The summed E-state index contributed by atoms with van der Waals surface area (Å²) < 4.78 is 0. The molecule has 0 saturated carbocycles. The lowest BCUT2D eigenvalue weighted by atomic mass is 9.91. The average Bonchev–Trinajstić information content (AvgIpc) is 1.84. The zero-order chi connectivity index (χ0) is 9.78. The second-order valence-corrected chi connectivity index (χ2v) is 4.07. The van der Waals surface area contributed by atoms with Gasteiger partial charge in [0.05, 0.1) is 11.8 Å². The standard InChI is InChI=1S/C9H19NO2/c1-7(11)6-12-10-8(2)9(3,4)5/h7,11H,6H2,1-5H3. The molecule has 0 saturated heterocycles. The lowest BCUT2D eigenvalue weighted by molar-refractivity contribution is 0.0488. The van der Waals surface area contributed by atoms with Crippen molar-refractivity contribution >= 4 is 5.71 Å². The van der Waals surface area contributed by atoms with Gasteiger partial charge in [-0.2, -0.15) is 0 Å². The molecular weight excluding hydrogens is 154 g/mol. The topological polar surface area (TPSA) is 41.8 Å². The Morgan fingerprint density at radius 2 is 2.00 bits per heavy atom. The van der Waals surface area contributed by atoms with E-state index in [4.69, 9.17) is 9.94 Å². The highest BCUT2D eigenvalue weighted by atomic mass is 16.6. The van der Waals surface area contributed by atoms with Crippen LogP contribution in [0.4, 0.5) is 0 Å². The minimum Gasteiger partial charge on any atom is -0.393 e. The van der Waals surface area contributed by atoms with Crippen molar-refractivity contribution in [3.8, 4) is 0 Å². The van der Waals surface area contributed by atoms with E-state index in [9.17, 15) is 0 Å². The summed E-state index contributed by atoms with van der Waals surface area (Å²) in [5, 5.41) is 12.8. The van der Waals surface area contributed by atoms with Gasteiger partial charge in [0.15, 0.2) is 0 Å². The molecule has 0 fully saturated rings. The Hall–Kier alpha value is -0.570. The molecule has 0 aromatic rings. The van der Waals surface area contributed by atoms with Gasteiger partial charge in [-0.25, -0.2) is 0 Å². The smallest absolute Gasteiger partial charge is 0.142 e. The van der Waals surface area contributed by atoms with Gasteiger partial charge in [-0.1, -0.05) is 25.9 Å². The quantitative estimate of drug-likeness (QED) is 0.522. The largest absolute Gasteiger partial charge is 0.393 e. The molecule has 3 heteroatoms. The Morgan fingerprint density at radius 3 is 2.33 bits per heavy atom. The minimum atomic E-state index is -0.457. The first-order chi connectivity index (χ1) is 5.34. The molecule has 3 nitrogen and oxygen atoms in total. The highest BCUT2D eigenvalue weighted by Crippen LogP contribution is 2.15. The molecule has 0 bridgehead atoms. The summed E-state index contributed by atoms with van der Waals surface area (Å²) in [5.74, 6) is 0. The van der Waals surface area contributed by atoms with Crippen molar-refractivity contribution in [1.82, 2.24) is 0 Å². The van der Waals surface area contributed by atoms with Crippen LogP contribution in [0.25, 0.3) is 0 Å². The van der Waals surface area contributed by atoms with Crippen molar-refractivity contribution in [3.05, 3.63) is 0 Å². The van der Waals surface area contributed by atoms with Crippen molar-refractivity contribution in [2.75, 3.05) is 6.61 Å². The molecular formula is C9H19NO2. The summed E-state index contributed by atoms with van der Waals surface area (Å²) in [6, 6.07) is 0. The molecule has 0 heterocycles. The van der Waals surface area contributed by atoms with E-state index in [1.807, 2.05) is 6.92 Å². The van der Waals surface area contributed by atoms with Crippen molar-refractivity contribution in [1.29, 1.82) is 0 Å². The second kappa shape index (κ2) is 4.45. The summed E-state index contributed by atoms with van der Waals surface area (Å²) in [6.07, 6.45) is -0.457. The van der Waals surface area contributed by atoms with E-state index in [1.54, 1.807) is 6.92 Å². The summed E-state index contributed by atoms with van der Waals surface area (Å²) in [4.78, 5) is 4.92. The number of hydrogen-bond donors (Lipinski definition) is 1. The number of rotatable bonds is 3. The molecule has 1 N–H and O–H groups in total. The lowest BCUT2D eigenvalue weighted by Crippen LogP contribution is -2.18. The average molecular weight is 173 g/mol. The maximum absolute atomic E-state index is 8.87. The van der Waals surface area contributed by atoms with Crippen LogP contribution in [-0.2, 0) is 4.84 Å². The van der Waals surface area contributed by atoms with E-state index >= 15 is 0 Å². The fraction of sp³-hybridized carbons (Fsp3) is 0.889. The predicted octanol–water partition coefficient (Wildman–Crippen LogP) is 1.81. The van der Waals surface area contributed by atoms with Crippen molar-refractivity contribution in [2.24, 2.45) is 10.6 Å². The summed E-state index contributed by atoms with van der Waals surface area (Å²) in [6.45, 7) is 10.0. The van der Waals surface area contributed by atoms with Gasteiger partial charge in [0.1, 0.15) is 6.61 Å². The number of oxime groups is 1. The lowest BCUT2D eigenvalue weighted by Gasteiger charge is -2.17.